The monoisotopic (exact) mass is 659 g/mol. The van der Waals surface area contributed by atoms with Crippen molar-refractivity contribution >= 4 is 34.1 Å². The van der Waals surface area contributed by atoms with Crippen LogP contribution in [-0.4, -0.2) is 28.9 Å². The molecule has 1 atom stereocenters. The number of nitrogens with two attached hydrogens (primary N) is 1. The van der Waals surface area contributed by atoms with E-state index >= 15 is 0 Å². The summed E-state index contributed by atoms with van der Waals surface area (Å²) in [6, 6.07) is 28.8. The number of hydrogen-bond donors (Lipinski definition) is 2. The van der Waals surface area contributed by atoms with Gasteiger partial charge in [-0.05, 0) is 91.0 Å². The molecule has 0 radical (unpaired) electrons. The highest BCUT2D eigenvalue weighted by molar-refractivity contribution is 14.1. The van der Waals surface area contributed by atoms with Crippen LogP contribution in [0.25, 0.3) is 5.57 Å². The van der Waals surface area contributed by atoms with Crippen LogP contribution in [0.15, 0.2) is 119 Å². The van der Waals surface area contributed by atoms with E-state index in [-0.39, 0.29) is 11.9 Å². The Balaban J connectivity index is 2.07. The molecular formula is C36H42IN3O. The Morgan fingerprint density at radius 2 is 1.61 bits per heavy atom. The van der Waals surface area contributed by atoms with Crippen molar-refractivity contribution in [3.8, 4) is 0 Å². The molecule has 0 spiro atoms. The first-order chi connectivity index (χ1) is 19.6. The van der Waals surface area contributed by atoms with Gasteiger partial charge in [-0.15, -0.1) is 0 Å². The standard InChI is InChI=1S/C36H42IN3O/c1-6-31(32-20-14-13-15-27(32)2)26-33(39-35(41)36(4,5)38)34(21-23-37)40(24-22-29-16-9-7-10-17-29)28(3)25-30-18-11-8-12-19-30/h6-20,23,33H,3,22,24-26,38H2,1-2,4-5H3,(H,39,41)/b31-6-/t21?,33-/m1/s1. The van der Waals surface area contributed by atoms with Gasteiger partial charge in [0.2, 0.25) is 5.91 Å². The predicted molar refractivity (Wildman–Crippen MR) is 181 cm³/mol. The highest BCUT2D eigenvalue weighted by atomic mass is 127. The van der Waals surface area contributed by atoms with Crippen LogP contribution < -0.4 is 11.1 Å². The minimum absolute atomic E-state index is 0.216. The van der Waals surface area contributed by atoms with Crippen molar-refractivity contribution in [2.45, 2.75) is 58.5 Å². The Morgan fingerprint density at radius 3 is 2.17 bits per heavy atom. The van der Waals surface area contributed by atoms with Crippen LogP contribution in [0.1, 0.15) is 49.4 Å². The van der Waals surface area contributed by atoms with E-state index in [1.165, 1.54) is 16.7 Å². The largest absolute Gasteiger partial charge is 0.345 e. The van der Waals surface area contributed by atoms with Crippen molar-refractivity contribution in [3.63, 3.8) is 0 Å². The summed E-state index contributed by atoms with van der Waals surface area (Å²) >= 11 is 2.20. The third kappa shape index (κ3) is 9.60. The molecular weight excluding hydrogens is 617 g/mol. The molecule has 0 heterocycles. The van der Waals surface area contributed by atoms with E-state index in [4.69, 9.17) is 5.73 Å². The molecule has 0 aliphatic heterocycles. The van der Waals surface area contributed by atoms with Crippen molar-refractivity contribution in [3.05, 3.63) is 141 Å². The van der Waals surface area contributed by atoms with Gasteiger partial charge in [-0.3, -0.25) is 4.79 Å². The number of aryl methyl sites for hydroxylation is 1. The smallest absolute Gasteiger partial charge is 0.240 e. The summed E-state index contributed by atoms with van der Waals surface area (Å²) in [4.78, 5) is 15.6. The van der Waals surface area contributed by atoms with E-state index in [9.17, 15) is 4.79 Å². The quantitative estimate of drug-likeness (QED) is 0.146. The zero-order valence-electron chi connectivity index (χ0n) is 24.7. The van der Waals surface area contributed by atoms with Crippen LogP contribution in [0.4, 0.5) is 0 Å². The second-order valence-corrected chi connectivity index (χ2v) is 11.5. The molecule has 0 unspecified atom stereocenters. The molecule has 0 saturated heterocycles. The molecule has 0 aromatic heterocycles. The number of carbonyl (C=O) groups is 1. The summed E-state index contributed by atoms with van der Waals surface area (Å²) < 4.78 is 1.88. The van der Waals surface area contributed by atoms with Gasteiger partial charge in [-0.1, -0.05) is 103 Å². The molecule has 0 bridgehead atoms. The Hall–Kier alpha value is -3.38. The molecule has 0 fully saturated rings. The van der Waals surface area contributed by atoms with Crippen molar-refractivity contribution in [2.24, 2.45) is 5.73 Å². The third-order valence-corrected chi connectivity index (χ3v) is 7.39. The molecule has 3 aromatic carbocycles. The van der Waals surface area contributed by atoms with Gasteiger partial charge in [0.15, 0.2) is 0 Å². The number of halogens is 1. The van der Waals surface area contributed by atoms with E-state index in [1.807, 2.05) is 41.3 Å². The minimum atomic E-state index is -1.04. The molecule has 3 rings (SSSR count). The maximum atomic E-state index is 13.4. The number of rotatable bonds is 13. The number of nitrogens with zero attached hydrogens (tertiary/aromatic N) is 1. The lowest BCUT2D eigenvalue weighted by Crippen LogP contribution is -2.53. The average Bonchev–Trinajstić information content (AvgIpc) is 2.96. The number of amides is 1. The molecule has 5 heteroatoms. The van der Waals surface area contributed by atoms with Crippen molar-refractivity contribution in [2.75, 3.05) is 6.54 Å². The number of benzene rings is 3. The molecule has 4 nitrogen and oxygen atoms in total. The molecule has 0 aliphatic rings. The molecule has 214 valence electrons. The predicted octanol–water partition coefficient (Wildman–Crippen LogP) is 7.74. The van der Waals surface area contributed by atoms with Gasteiger partial charge in [0.1, 0.15) is 0 Å². The lowest BCUT2D eigenvalue weighted by Gasteiger charge is -2.35. The van der Waals surface area contributed by atoms with E-state index < -0.39 is 5.54 Å². The van der Waals surface area contributed by atoms with E-state index in [1.54, 1.807) is 13.8 Å². The average molecular weight is 660 g/mol. The SMILES string of the molecule is C=C(Cc1ccccc1)N(CCc1ccccc1)C(=C=CI)[C@@H](C/C(=C/C)c1ccccc1C)NC(=O)C(C)(C)N. The van der Waals surface area contributed by atoms with Gasteiger partial charge in [0.25, 0.3) is 0 Å². The summed E-state index contributed by atoms with van der Waals surface area (Å²) in [6.07, 6.45) is 4.21. The van der Waals surface area contributed by atoms with Gasteiger partial charge < -0.3 is 16.0 Å². The van der Waals surface area contributed by atoms with E-state index in [2.05, 4.69) is 113 Å². The van der Waals surface area contributed by atoms with Crippen LogP contribution in [0.3, 0.4) is 0 Å². The Kier molecular flexibility index (Phi) is 12.2. The lowest BCUT2D eigenvalue weighted by atomic mass is 9.92. The maximum Gasteiger partial charge on any atom is 0.240 e. The van der Waals surface area contributed by atoms with Gasteiger partial charge in [0, 0.05) is 22.7 Å². The molecule has 1 amide bonds. The fourth-order valence-corrected chi connectivity index (χ4v) is 5.10. The highest BCUT2D eigenvalue weighted by Gasteiger charge is 2.30. The zero-order chi connectivity index (χ0) is 29.8. The molecule has 3 N–H and O–H groups in total. The van der Waals surface area contributed by atoms with Gasteiger partial charge in [0.05, 0.1) is 17.3 Å². The van der Waals surface area contributed by atoms with Gasteiger partial charge in [-0.25, -0.2) is 0 Å². The topological polar surface area (TPSA) is 58.4 Å². The summed E-state index contributed by atoms with van der Waals surface area (Å²) in [6.45, 7) is 12.9. The number of nitrogens with one attached hydrogen (secondary N) is 1. The summed E-state index contributed by atoms with van der Waals surface area (Å²) in [5.74, 6) is -0.216. The molecule has 3 aromatic rings. The number of allylic oxidation sites excluding steroid dienone is 2. The molecule has 41 heavy (non-hydrogen) atoms. The zero-order valence-corrected chi connectivity index (χ0v) is 26.8. The Bertz CT molecular complexity index is 1400. The van der Waals surface area contributed by atoms with Crippen LogP contribution in [0, 0.1) is 6.92 Å². The first-order valence-corrected chi connectivity index (χ1v) is 15.3. The van der Waals surface area contributed by atoms with E-state index in [0.29, 0.717) is 19.4 Å². The molecule has 0 saturated carbocycles. The van der Waals surface area contributed by atoms with E-state index in [0.717, 1.165) is 29.0 Å². The Morgan fingerprint density at radius 1 is 1.02 bits per heavy atom. The van der Waals surface area contributed by atoms with Crippen molar-refractivity contribution in [1.82, 2.24) is 10.2 Å². The lowest BCUT2D eigenvalue weighted by molar-refractivity contribution is -0.125. The Labute approximate surface area is 259 Å². The summed E-state index contributed by atoms with van der Waals surface area (Å²) in [7, 11) is 0. The van der Waals surface area contributed by atoms with Crippen LogP contribution in [0.5, 0.6) is 0 Å². The number of carbonyl (C=O) groups excluding carboxylic acids is 1. The fraction of sp³-hybridized carbons (Fsp3) is 0.278. The van der Waals surface area contributed by atoms with Crippen molar-refractivity contribution < 1.29 is 4.79 Å². The maximum absolute atomic E-state index is 13.4. The summed E-state index contributed by atoms with van der Waals surface area (Å²) in [5, 5.41) is 3.28. The van der Waals surface area contributed by atoms with Gasteiger partial charge >= 0.3 is 0 Å². The third-order valence-electron chi connectivity index (χ3n) is 7.08. The minimum Gasteiger partial charge on any atom is -0.345 e. The number of hydrogen-bond acceptors (Lipinski definition) is 3. The van der Waals surface area contributed by atoms with Crippen LogP contribution in [0.2, 0.25) is 0 Å². The summed E-state index contributed by atoms with van der Waals surface area (Å²) in [5.41, 5.74) is 16.5. The second kappa shape index (κ2) is 15.6. The first kappa shape index (κ1) is 32.1. The first-order valence-electron chi connectivity index (χ1n) is 14.0. The normalized spacial score (nSPS) is 12.2. The van der Waals surface area contributed by atoms with Crippen LogP contribution >= 0.6 is 22.6 Å². The highest BCUT2D eigenvalue weighted by Crippen LogP contribution is 2.29. The molecule has 0 aliphatic carbocycles. The second-order valence-electron chi connectivity index (χ2n) is 10.8. The van der Waals surface area contributed by atoms with Crippen LogP contribution in [-0.2, 0) is 17.6 Å². The fourth-order valence-electron chi connectivity index (χ4n) is 4.78. The van der Waals surface area contributed by atoms with Gasteiger partial charge in [-0.2, -0.15) is 0 Å². The van der Waals surface area contributed by atoms with Crippen molar-refractivity contribution in [1.29, 1.82) is 0 Å².